The lowest BCUT2D eigenvalue weighted by Crippen LogP contribution is -2.21. The van der Waals surface area contributed by atoms with Gasteiger partial charge < -0.3 is 0 Å². The van der Waals surface area contributed by atoms with Crippen molar-refractivity contribution in [3.63, 3.8) is 0 Å². The van der Waals surface area contributed by atoms with Crippen molar-refractivity contribution in [2.45, 2.75) is 0 Å². The SMILES string of the molecule is O=C1C=C(c2ccccc2)C(=O)N1F. The molecule has 0 bridgehead atoms. The van der Waals surface area contributed by atoms with Crippen molar-refractivity contribution in [1.29, 1.82) is 0 Å². The highest BCUT2D eigenvalue weighted by Gasteiger charge is 2.31. The quantitative estimate of drug-likeness (QED) is 0.496. The summed E-state index contributed by atoms with van der Waals surface area (Å²) >= 11 is 0. The Labute approximate surface area is 79.4 Å². The molecule has 0 N–H and O–H groups in total. The van der Waals surface area contributed by atoms with Crippen LogP contribution in [0.3, 0.4) is 0 Å². The van der Waals surface area contributed by atoms with Gasteiger partial charge in [0.1, 0.15) is 0 Å². The van der Waals surface area contributed by atoms with E-state index in [0.29, 0.717) is 5.56 Å². The molecule has 1 aromatic carbocycles. The molecule has 1 heterocycles. The molecule has 0 aliphatic carbocycles. The monoisotopic (exact) mass is 191 g/mol. The van der Waals surface area contributed by atoms with Crippen LogP contribution in [-0.2, 0) is 9.59 Å². The lowest BCUT2D eigenvalue weighted by atomic mass is 10.1. The van der Waals surface area contributed by atoms with E-state index in [1.165, 1.54) is 0 Å². The fourth-order valence-electron chi connectivity index (χ4n) is 1.27. The van der Waals surface area contributed by atoms with E-state index < -0.39 is 11.8 Å². The summed E-state index contributed by atoms with van der Waals surface area (Å²) in [7, 11) is 0. The van der Waals surface area contributed by atoms with E-state index >= 15 is 0 Å². The lowest BCUT2D eigenvalue weighted by Gasteiger charge is -2.01. The van der Waals surface area contributed by atoms with Crippen LogP contribution in [0.15, 0.2) is 36.4 Å². The van der Waals surface area contributed by atoms with Gasteiger partial charge in [-0.25, -0.2) is 0 Å². The van der Waals surface area contributed by atoms with Gasteiger partial charge in [-0.15, -0.1) is 5.12 Å². The van der Waals surface area contributed by atoms with Gasteiger partial charge in [0.05, 0.1) is 5.57 Å². The molecule has 70 valence electrons. The zero-order valence-electron chi connectivity index (χ0n) is 7.11. The number of carbonyl (C=O) groups is 2. The van der Waals surface area contributed by atoms with Gasteiger partial charge >= 0.3 is 0 Å². The number of imide groups is 1. The normalized spacial score (nSPS) is 16.1. The maximum Gasteiger partial charge on any atom is 0.290 e. The van der Waals surface area contributed by atoms with Crippen LogP contribution in [0.4, 0.5) is 4.48 Å². The Morgan fingerprint density at radius 1 is 1.07 bits per heavy atom. The molecule has 0 unspecified atom stereocenters. The van der Waals surface area contributed by atoms with E-state index in [9.17, 15) is 14.1 Å². The standard InChI is InChI=1S/C10H6FNO2/c11-12-9(13)6-8(10(12)14)7-4-2-1-3-5-7/h1-6H. The number of benzene rings is 1. The molecule has 4 heteroatoms. The average Bonchev–Trinajstić information content (AvgIpc) is 2.47. The molecule has 1 aliphatic rings. The Balaban J connectivity index is 2.43. The molecule has 2 rings (SSSR count). The van der Waals surface area contributed by atoms with E-state index in [1.54, 1.807) is 30.3 Å². The van der Waals surface area contributed by atoms with Crippen LogP contribution in [0.25, 0.3) is 5.57 Å². The molecule has 0 fully saturated rings. The van der Waals surface area contributed by atoms with Gasteiger partial charge in [-0.05, 0) is 5.56 Å². The third-order valence-corrected chi connectivity index (χ3v) is 1.95. The number of halogens is 1. The van der Waals surface area contributed by atoms with E-state index in [2.05, 4.69) is 0 Å². The summed E-state index contributed by atoms with van der Waals surface area (Å²) < 4.78 is 12.7. The van der Waals surface area contributed by atoms with Crippen molar-refractivity contribution in [3.8, 4) is 0 Å². The summed E-state index contributed by atoms with van der Waals surface area (Å²) in [6.45, 7) is 0. The highest BCUT2D eigenvalue weighted by molar-refractivity contribution is 6.32. The first-order valence-electron chi connectivity index (χ1n) is 4.01. The topological polar surface area (TPSA) is 37.4 Å². The van der Waals surface area contributed by atoms with Crippen LogP contribution in [0, 0.1) is 0 Å². The fourth-order valence-corrected chi connectivity index (χ4v) is 1.27. The van der Waals surface area contributed by atoms with Gasteiger partial charge in [0.15, 0.2) is 0 Å². The molecule has 2 amide bonds. The molecule has 1 aliphatic heterocycles. The second-order valence-electron chi connectivity index (χ2n) is 2.85. The highest BCUT2D eigenvalue weighted by Crippen LogP contribution is 2.22. The van der Waals surface area contributed by atoms with Crippen molar-refractivity contribution < 1.29 is 14.1 Å². The smallest absolute Gasteiger partial charge is 0.267 e. The summed E-state index contributed by atoms with van der Waals surface area (Å²) in [6.07, 6.45) is 0.998. The summed E-state index contributed by atoms with van der Waals surface area (Å²) in [5.41, 5.74) is 0.643. The van der Waals surface area contributed by atoms with E-state index in [4.69, 9.17) is 0 Å². The summed E-state index contributed by atoms with van der Waals surface area (Å²) in [6, 6.07) is 8.51. The molecule has 0 radical (unpaired) electrons. The van der Waals surface area contributed by atoms with Crippen LogP contribution in [-0.4, -0.2) is 16.9 Å². The van der Waals surface area contributed by atoms with Gasteiger partial charge in [0, 0.05) is 6.08 Å². The number of rotatable bonds is 1. The van der Waals surface area contributed by atoms with Gasteiger partial charge in [-0.1, -0.05) is 34.8 Å². The van der Waals surface area contributed by atoms with Crippen LogP contribution in [0.1, 0.15) is 5.56 Å². The third kappa shape index (κ3) is 1.21. The lowest BCUT2D eigenvalue weighted by molar-refractivity contribution is -0.152. The number of nitrogens with zero attached hydrogens (tertiary/aromatic N) is 1. The van der Waals surface area contributed by atoms with Gasteiger partial charge in [0.25, 0.3) is 11.8 Å². The van der Waals surface area contributed by atoms with Crippen molar-refractivity contribution in [2.75, 3.05) is 0 Å². The fraction of sp³-hybridized carbons (Fsp3) is 0. The van der Waals surface area contributed by atoms with Crippen LogP contribution < -0.4 is 0 Å². The van der Waals surface area contributed by atoms with Crippen LogP contribution >= 0.6 is 0 Å². The van der Waals surface area contributed by atoms with Crippen molar-refractivity contribution in [1.82, 2.24) is 5.12 Å². The largest absolute Gasteiger partial charge is 0.290 e. The Hall–Kier alpha value is -1.97. The Morgan fingerprint density at radius 2 is 1.71 bits per heavy atom. The molecule has 0 spiro atoms. The number of hydrogen-bond acceptors (Lipinski definition) is 2. The van der Waals surface area contributed by atoms with E-state index in [0.717, 1.165) is 6.08 Å². The molecular formula is C10H6FNO2. The van der Waals surface area contributed by atoms with Gasteiger partial charge in [-0.2, -0.15) is 0 Å². The molecule has 3 nitrogen and oxygen atoms in total. The van der Waals surface area contributed by atoms with Crippen molar-refractivity contribution in [3.05, 3.63) is 42.0 Å². The molecule has 0 atom stereocenters. The summed E-state index contributed by atoms with van der Waals surface area (Å²) in [5.74, 6) is -1.82. The minimum Gasteiger partial charge on any atom is -0.267 e. The minimum atomic E-state index is -0.922. The second-order valence-corrected chi connectivity index (χ2v) is 2.85. The first-order valence-corrected chi connectivity index (χ1v) is 4.01. The molecule has 0 aromatic heterocycles. The Morgan fingerprint density at radius 3 is 2.21 bits per heavy atom. The molecule has 1 aromatic rings. The molecular weight excluding hydrogens is 185 g/mol. The van der Waals surface area contributed by atoms with Gasteiger partial charge in [-0.3, -0.25) is 9.59 Å². The minimum absolute atomic E-state index is 0.0955. The van der Waals surface area contributed by atoms with Crippen LogP contribution in [0.5, 0.6) is 0 Å². The van der Waals surface area contributed by atoms with Gasteiger partial charge in [0.2, 0.25) is 0 Å². The predicted molar refractivity (Wildman–Crippen MR) is 47.4 cm³/mol. The molecule has 0 saturated carbocycles. The number of carbonyl (C=O) groups excluding carboxylic acids is 2. The Bertz CT molecular complexity index is 425. The number of hydrogen-bond donors (Lipinski definition) is 0. The summed E-state index contributed by atoms with van der Waals surface area (Å²) in [5, 5.41) is -0.387. The maximum absolute atomic E-state index is 12.7. The maximum atomic E-state index is 12.7. The predicted octanol–water partition coefficient (Wildman–Crippen LogP) is 1.32. The zero-order chi connectivity index (χ0) is 10.1. The first-order chi connectivity index (χ1) is 6.70. The van der Waals surface area contributed by atoms with Crippen molar-refractivity contribution in [2.24, 2.45) is 0 Å². The summed E-state index contributed by atoms with van der Waals surface area (Å²) in [4.78, 5) is 22.0. The Kier molecular flexibility index (Phi) is 1.89. The zero-order valence-corrected chi connectivity index (χ0v) is 7.11. The number of amides is 2. The van der Waals surface area contributed by atoms with Crippen molar-refractivity contribution >= 4 is 17.4 Å². The highest BCUT2D eigenvalue weighted by atomic mass is 19.2. The van der Waals surface area contributed by atoms with E-state index in [-0.39, 0.29) is 10.7 Å². The first kappa shape index (κ1) is 8.62. The average molecular weight is 191 g/mol. The molecule has 0 saturated heterocycles. The van der Waals surface area contributed by atoms with E-state index in [1.807, 2.05) is 0 Å². The third-order valence-electron chi connectivity index (χ3n) is 1.95. The van der Waals surface area contributed by atoms with Crippen LogP contribution in [0.2, 0.25) is 0 Å². The molecule has 14 heavy (non-hydrogen) atoms. The second kappa shape index (κ2) is 3.06.